The Kier molecular flexibility index (Phi) is 1.77. The van der Waals surface area contributed by atoms with Gasteiger partial charge in [-0.15, -0.1) is 0 Å². The molecule has 0 amide bonds. The maximum absolute atomic E-state index is 5.52. The highest BCUT2D eigenvalue weighted by atomic mass is 32.1. The fraction of sp³-hybridized carbons (Fsp3) is 0.714. The average molecular weight is 170 g/mol. The van der Waals surface area contributed by atoms with E-state index in [-0.39, 0.29) is 0 Å². The molecule has 1 aromatic heterocycles. The van der Waals surface area contributed by atoms with Gasteiger partial charge in [-0.2, -0.15) is 9.36 Å². The molecule has 0 radical (unpaired) electrons. The van der Waals surface area contributed by atoms with Crippen LogP contribution in [0.15, 0.2) is 0 Å². The van der Waals surface area contributed by atoms with Crippen LogP contribution in [0, 0.1) is 6.92 Å². The van der Waals surface area contributed by atoms with Crippen molar-refractivity contribution >= 4 is 11.5 Å². The smallest absolute Gasteiger partial charge is 0.293 e. The van der Waals surface area contributed by atoms with Crippen LogP contribution in [-0.4, -0.2) is 15.5 Å². The van der Waals surface area contributed by atoms with E-state index in [1.54, 1.807) is 0 Å². The minimum Gasteiger partial charge on any atom is -0.466 e. The molecule has 0 spiro atoms. The molecule has 1 fully saturated rings. The number of nitrogens with zero attached hydrogens (tertiary/aromatic N) is 2. The third kappa shape index (κ3) is 1.50. The molecule has 1 saturated carbocycles. The minimum absolute atomic E-state index is 0.419. The fourth-order valence-electron chi connectivity index (χ4n) is 0.957. The molecule has 0 aliphatic heterocycles. The standard InChI is InChI=1S/C7H10N2OS/c1-5-8-7(11-9-5)10-6-3-2-4-6/h6H,2-4H2,1H3. The van der Waals surface area contributed by atoms with Crippen LogP contribution in [-0.2, 0) is 0 Å². The molecule has 0 aromatic carbocycles. The first kappa shape index (κ1) is 7.03. The second-order valence-electron chi connectivity index (χ2n) is 2.78. The predicted octanol–water partition coefficient (Wildman–Crippen LogP) is 1.78. The molecule has 0 atom stereocenters. The molecule has 1 aliphatic rings. The van der Waals surface area contributed by atoms with Gasteiger partial charge in [0.1, 0.15) is 11.9 Å². The SMILES string of the molecule is Cc1nsc(OC2CCC2)n1. The van der Waals surface area contributed by atoms with E-state index in [2.05, 4.69) is 9.36 Å². The van der Waals surface area contributed by atoms with Gasteiger partial charge in [0.05, 0.1) is 0 Å². The first-order valence-electron chi connectivity index (χ1n) is 3.81. The zero-order valence-electron chi connectivity index (χ0n) is 6.41. The van der Waals surface area contributed by atoms with Gasteiger partial charge in [-0.25, -0.2) is 0 Å². The van der Waals surface area contributed by atoms with Crippen molar-refractivity contribution in [1.29, 1.82) is 0 Å². The van der Waals surface area contributed by atoms with Crippen LogP contribution in [0.1, 0.15) is 25.1 Å². The number of aryl methyl sites for hydroxylation is 1. The first-order chi connectivity index (χ1) is 5.34. The average Bonchev–Trinajstić information content (AvgIpc) is 2.27. The minimum atomic E-state index is 0.419. The van der Waals surface area contributed by atoms with Crippen molar-refractivity contribution in [3.63, 3.8) is 0 Å². The highest BCUT2D eigenvalue weighted by molar-refractivity contribution is 7.07. The predicted molar refractivity (Wildman–Crippen MR) is 42.9 cm³/mol. The van der Waals surface area contributed by atoms with Gasteiger partial charge in [0.15, 0.2) is 0 Å². The molecule has 0 bridgehead atoms. The molecule has 0 unspecified atom stereocenters. The molecule has 1 aromatic rings. The van der Waals surface area contributed by atoms with Crippen LogP contribution in [0.3, 0.4) is 0 Å². The van der Waals surface area contributed by atoms with Gasteiger partial charge in [0, 0.05) is 11.5 Å². The molecule has 2 rings (SSSR count). The Balaban J connectivity index is 1.95. The van der Waals surface area contributed by atoms with Crippen LogP contribution in [0.4, 0.5) is 0 Å². The van der Waals surface area contributed by atoms with Crippen LogP contribution < -0.4 is 4.74 Å². The van der Waals surface area contributed by atoms with Crippen LogP contribution >= 0.6 is 11.5 Å². The lowest BCUT2D eigenvalue weighted by molar-refractivity contribution is 0.120. The third-order valence-electron chi connectivity index (χ3n) is 1.83. The Bertz CT molecular complexity index is 244. The van der Waals surface area contributed by atoms with Gasteiger partial charge in [0.2, 0.25) is 0 Å². The maximum Gasteiger partial charge on any atom is 0.293 e. The molecule has 0 saturated heterocycles. The molecule has 4 heteroatoms. The van der Waals surface area contributed by atoms with E-state index in [1.807, 2.05) is 6.92 Å². The summed E-state index contributed by atoms with van der Waals surface area (Å²) < 4.78 is 9.55. The summed E-state index contributed by atoms with van der Waals surface area (Å²) in [6, 6.07) is 0. The second-order valence-corrected chi connectivity index (χ2v) is 3.49. The molecular weight excluding hydrogens is 160 g/mol. The molecule has 11 heavy (non-hydrogen) atoms. The van der Waals surface area contributed by atoms with Crippen molar-refractivity contribution in [1.82, 2.24) is 9.36 Å². The van der Waals surface area contributed by atoms with E-state index < -0.39 is 0 Å². The molecule has 1 heterocycles. The van der Waals surface area contributed by atoms with Crippen LogP contribution in [0.25, 0.3) is 0 Å². The van der Waals surface area contributed by atoms with E-state index in [9.17, 15) is 0 Å². The second kappa shape index (κ2) is 2.77. The Hall–Kier alpha value is -0.640. The summed E-state index contributed by atoms with van der Waals surface area (Å²) in [5.41, 5.74) is 0. The van der Waals surface area contributed by atoms with Crippen molar-refractivity contribution in [2.75, 3.05) is 0 Å². The van der Waals surface area contributed by atoms with E-state index in [0.29, 0.717) is 6.10 Å². The number of hydrogen-bond acceptors (Lipinski definition) is 4. The molecular formula is C7H10N2OS. The summed E-state index contributed by atoms with van der Waals surface area (Å²) >= 11 is 1.34. The Morgan fingerprint density at radius 2 is 2.36 bits per heavy atom. The van der Waals surface area contributed by atoms with Gasteiger partial charge < -0.3 is 4.74 Å². The Morgan fingerprint density at radius 3 is 2.82 bits per heavy atom. The topological polar surface area (TPSA) is 35.0 Å². The zero-order chi connectivity index (χ0) is 7.68. The number of ether oxygens (including phenoxy) is 1. The summed E-state index contributed by atoms with van der Waals surface area (Å²) in [4.78, 5) is 4.12. The summed E-state index contributed by atoms with van der Waals surface area (Å²) in [6.45, 7) is 1.88. The van der Waals surface area contributed by atoms with E-state index in [1.165, 1.54) is 30.8 Å². The number of hydrogen-bond donors (Lipinski definition) is 0. The summed E-state index contributed by atoms with van der Waals surface area (Å²) in [5, 5.41) is 0.729. The quantitative estimate of drug-likeness (QED) is 0.678. The maximum atomic E-state index is 5.52. The highest BCUT2D eigenvalue weighted by Crippen LogP contribution is 2.25. The summed E-state index contributed by atoms with van der Waals surface area (Å²) in [6.07, 6.45) is 4.07. The first-order valence-corrected chi connectivity index (χ1v) is 4.59. The normalized spacial score (nSPS) is 17.9. The van der Waals surface area contributed by atoms with E-state index >= 15 is 0 Å². The van der Waals surface area contributed by atoms with Crippen molar-refractivity contribution in [2.45, 2.75) is 32.3 Å². The lowest BCUT2D eigenvalue weighted by Crippen LogP contribution is -2.24. The monoisotopic (exact) mass is 170 g/mol. The number of rotatable bonds is 2. The third-order valence-corrected chi connectivity index (χ3v) is 2.53. The van der Waals surface area contributed by atoms with Gasteiger partial charge >= 0.3 is 0 Å². The molecule has 1 aliphatic carbocycles. The lowest BCUT2D eigenvalue weighted by atomic mass is 9.96. The van der Waals surface area contributed by atoms with Gasteiger partial charge in [0.25, 0.3) is 5.19 Å². The van der Waals surface area contributed by atoms with E-state index in [4.69, 9.17) is 4.74 Å². The van der Waals surface area contributed by atoms with Crippen LogP contribution in [0.5, 0.6) is 5.19 Å². The largest absolute Gasteiger partial charge is 0.466 e. The summed E-state index contributed by atoms with van der Waals surface area (Å²) in [7, 11) is 0. The zero-order valence-corrected chi connectivity index (χ0v) is 7.23. The molecule has 60 valence electrons. The van der Waals surface area contributed by atoms with Crippen molar-refractivity contribution in [2.24, 2.45) is 0 Å². The van der Waals surface area contributed by atoms with Crippen molar-refractivity contribution in [3.8, 4) is 5.19 Å². The molecule has 3 nitrogen and oxygen atoms in total. The van der Waals surface area contributed by atoms with Gasteiger partial charge in [-0.3, -0.25) is 0 Å². The van der Waals surface area contributed by atoms with Gasteiger partial charge in [-0.05, 0) is 26.2 Å². The lowest BCUT2D eigenvalue weighted by Gasteiger charge is -2.24. The van der Waals surface area contributed by atoms with Crippen molar-refractivity contribution in [3.05, 3.63) is 5.82 Å². The van der Waals surface area contributed by atoms with Crippen molar-refractivity contribution < 1.29 is 4.74 Å². The van der Waals surface area contributed by atoms with E-state index in [0.717, 1.165) is 11.0 Å². The molecule has 0 N–H and O–H groups in total. The van der Waals surface area contributed by atoms with Gasteiger partial charge in [-0.1, -0.05) is 0 Å². The highest BCUT2D eigenvalue weighted by Gasteiger charge is 2.20. The Morgan fingerprint density at radius 1 is 1.55 bits per heavy atom. The number of aromatic nitrogens is 2. The summed E-state index contributed by atoms with van der Waals surface area (Å²) in [5.74, 6) is 0.810. The Labute approximate surface area is 69.6 Å². The van der Waals surface area contributed by atoms with Crippen LogP contribution in [0.2, 0.25) is 0 Å². The fourth-order valence-corrected chi connectivity index (χ4v) is 1.56.